The zero-order valence-electron chi connectivity index (χ0n) is 34.4. The van der Waals surface area contributed by atoms with Crippen LogP contribution in [0, 0.1) is 0 Å². The molecule has 4 nitrogen and oxygen atoms in total. The summed E-state index contributed by atoms with van der Waals surface area (Å²) in [7, 11) is 0. The minimum atomic E-state index is -0.151. The second-order valence-electron chi connectivity index (χ2n) is 16.7. The van der Waals surface area contributed by atoms with E-state index in [0.717, 1.165) is 98.5 Å². The minimum Gasteiger partial charge on any atom is -0.455 e. The summed E-state index contributed by atoms with van der Waals surface area (Å²) in [5.41, 5.74) is 18.5. The van der Waals surface area contributed by atoms with Crippen molar-refractivity contribution in [2.24, 2.45) is 0 Å². The smallest absolute Gasteiger partial charge is 0.333 e. The second kappa shape index (κ2) is 14.6. The van der Waals surface area contributed by atoms with Crippen molar-refractivity contribution in [3.05, 3.63) is 150 Å². The van der Waals surface area contributed by atoms with E-state index in [9.17, 15) is 0 Å². The fraction of sp³-hybridized carbons (Fsp3) is 0.222. The van der Waals surface area contributed by atoms with Gasteiger partial charge in [-0.15, -0.1) is 0 Å². The molecule has 2 aliphatic rings. The molecule has 0 saturated carbocycles. The Morgan fingerprint density at radius 1 is 0.492 bits per heavy atom. The lowest BCUT2D eigenvalue weighted by Crippen LogP contribution is -2.61. The quantitative estimate of drug-likeness (QED) is 0.123. The second-order valence-corrected chi connectivity index (χ2v) is 16.7. The molecule has 0 N–H and O–H groups in total. The van der Waals surface area contributed by atoms with Crippen LogP contribution in [0.5, 0.6) is 0 Å². The van der Waals surface area contributed by atoms with Gasteiger partial charge in [-0.05, 0) is 121 Å². The number of hydrogen-bond acceptors (Lipinski definition) is 4. The number of fused-ring (bicyclic) bond motifs is 12. The summed E-state index contributed by atoms with van der Waals surface area (Å²) in [5.74, 6) is 0. The van der Waals surface area contributed by atoms with Crippen molar-refractivity contribution in [1.29, 1.82) is 0 Å². The van der Waals surface area contributed by atoms with Crippen molar-refractivity contribution in [2.45, 2.75) is 78.6 Å². The van der Waals surface area contributed by atoms with Crippen molar-refractivity contribution >= 4 is 90.1 Å². The third-order valence-electron chi connectivity index (χ3n) is 13.0. The highest BCUT2D eigenvalue weighted by Gasteiger charge is 2.47. The predicted octanol–water partition coefficient (Wildman–Crippen LogP) is 14.2. The molecule has 0 amide bonds. The first-order chi connectivity index (χ1) is 29.1. The highest BCUT2D eigenvalue weighted by Crippen LogP contribution is 2.53. The first-order valence-corrected chi connectivity index (χ1v) is 22.0. The van der Waals surface area contributed by atoms with Crippen molar-refractivity contribution in [3.8, 4) is 11.1 Å². The molecule has 0 bridgehead atoms. The summed E-state index contributed by atoms with van der Waals surface area (Å²) >= 11 is 0. The fourth-order valence-electron chi connectivity index (χ4n) is 10.0. The van der Waals surface area contributed by atoms with Crippen molar-refractivity contribution in [3.63, 3.8) is 0 Å². The van der Waals surface area contributed by atoms with Crippen LogP contribution in [-0.2, 0) is 19.3 Å². The maximum absolute atomic E-state index is 7.04. The average Bonchev–Trinajstić information content (AvgIpc) is 3.86. The normalized spacial score (nSPS) is 13.2. The lowest BCUT2D eigenvalue weighted by atomic mass is 9.43. The van der Waals surface area contributed by atoms with E-state index in [1.165, 1.54) is 70.4 Å². The van der Waals surface area contributed by atoms with Gasteiger partial charge in [-0.3, -0.25) is 0 Å². The monoisotopic (exact) mass is 768 g/mol. The summed E-state index contributed by atoms with van der Waals surface area (Å²) in [6.07, 6.45) is 10.3. The van der Waals surface area contributed by atoms with Gasteiger partial charge in [0, 0.05) is 55.4 Å². The van der Waals surface area contributed by atoms with Crippen LogP contribution in [0.2, 0.25) is 0 Å². The van der Waals surface area contributed by atoms with Crippen LogP contribution in [0.15, 0.2) is 142 Å². The van der Waals surface area contributed by atoms with Crippen LogP contribution < -0.4 is 20.6 Å². The van der Waals surface area contributed by atoms with Gasteiger partial charge < -0.3 is 18.5 Å². The molecule has 0 unspecified atom stereocenters. The van der Waals surface area contributed by atoms with Crippen LogP contribution in [0.4, 0.5) is 28.4 Å². The van der Waals surface area contributed by atoms with Crippen LogP contribution >= 0.6 is 0 Å². The molecule has 0 atom stereocenters. The average molecular weight is 769 g/mol. The van der Waals surface area contributed by atoms with Gasteiger partial charge in [0.25, 0.3) is 0 Å². The first-order valence-electron chi connectivity index (χ1n) is 22.0. The minimum absolute atomic E-state index is 0.151. The Morgan fingerprint density at radius 2 is 1.07 bits per heavy atom. The molecule has 0 spiro atoms. The first kappa shape index (κ1) is 35.9. The molecule has 0 aliphatic carbocycles. The molecule has 0 fully saturated rings. The Balaban J connectivity index is 1.27. The van der Waals surface area contributed by atoms with Gasteiger partial charge in [-0.2, -0.15) is 0 Å². The number of furan rings is 2. The van der Waals surface area contributed by atoms with E-state index in [2.05, 4.69) is 164 Å². The van der Waals surface area contributed by atoms with E-state index >= 15 is 0 Å². The molecule has 59 heavy (non-hydrogen) atoms. The van der Waals surface area contributed by atoms with Gasteiger partial charge in [-0.25, -0.2) is 0 Å². The Morgan fingerprint density at radius 3 is 1.73 bits per heavy atom. The lowest BCUT2D eigenvalue weighted by Gasteiger charge is -2.45. The van der Waals surface area contributed by atoms with E-state index in [4.69, 9.17) is 8.83 Å². The number of benzene rings is 7. The number of unbranched alkanes of at least 4 members (excludes halogenated alkanes) is 3. The van der Waals surface area contributed by atoms with Crippen molar-refractivity contribution < 1.29 is 8.83 Å². The van der Waals surface area contributed by atoms with Gasteiger partial charge >= 0.3 is 6.85 Å². The zero-order valence-corrected chi connectivity index (χ0v) is 34.4. The number of aryl methyl sites for hydroxylation is 3. The van der Waals surface area contributed by atoms with E-state index in [1.54, 1.807) is 0 Å². The van der Waals surface area contributed by atoms with Crippen LogP contribution in [0.25, 0.3) is 55.0 Å². The highest BCUT2D eigenvalue weighted by molar-refractivity contribution is 6.94. The Bertz CT molecular complexity index is 3030. The van der Waals surface area contributed by atoms with Crippen LogP contribution in [-0.4, -0.2) is 6.85 Å². The van der Waals surface area contributed by atoms with E-state index in [-0.39, 0.29) is 6.85 Å². The molecule has 0 radical (unpaired) electrons. The molecule has 4 heterocycles. The fourth-order valence-corrected chi connectivity index (χ4v) is 10.0. The number of para-hydroxylation sites is 2. The van der Waals surface area contributed by atoms with E-state index in [0.29, 0.717) is 0 Å². The zero-order chi connectivity index (χ0) is 39.6. The number of nitrogens with zero attached hydrogens (tertiary/aromatic N) is 2. The number of anilines is 5. The van der Waals surface area contributed by atoms with Gasteiger partial charge in [0.15, 0.2) is 5.58 Å². The molecule has 0 saturated heterocycles. The van der Waals surface area contributed by atoms with E-state index in [1.807, 2.05) is 0 Å². The summed E-state index contributed by atoms with van der Waals surface area (Å²) in [6, 6.07) is 50.0. The molecule has 2 aromatic heterocycles. The molecule has 7 aromatic carbocycles. The van der Waals surface area contributed by atoms with Gasteiger partial charge in [0.2, 0.25) is 0 Å². The molecule has 11 rings (SSSR count). The maximum atomic E-state index is 7.04. The molecule has 9 aromatic rings. The molecular weight excluding hydrogens is 719 g/mol. The summed E-state index contributed by atoms with van der Waals surface area (Å²) in [5, 5.41) is 4.52. The topological polar surface area (TPSA) is 32.8 Å². The van der Waals surface area contributed by atoms with Gasteiger partial charge in [0.1, 0.15) is 16.7 Å². The largest absolute Gasteiger partial charge is 0.455 e. The molecule has 2 aliphatic heterocycles. The highest BCUT2D eigenvalue weighted by atomic mass is 16.3. The lowest BCUT2D eigenvalue weighted by molar-refractivity contribution is 0.668. The van der Waals surface area contributed by atoms with Gasteiger partial charge in [0.05, 0.1) is 5.69 Å². The van der Waals surface area contributed by atoms with Crippen molar-refractivity contribution in [1.82, 2.24) is 0 Å². The predicted molar refractivity (Wildman–Crippen MR) is 251 cm³/mol. The maximum Gasteiger partial charge on any atom is 0.333 e. The number of hydrogen-bond donors (Lipinski definition) is 0. The molecule has 290 valence electrons. The van der Waals surface area contributed by atoms with Gasteiger partial charge in [-0.1, -0.05) is 119 Å². The standard InChI is InChI=1S/C54H49BN2O2/c1-4-7-14-35-21-26-38(27-22-35)56-46-32-25-37(16-9-6-3)33-45(46)55-51-47(56)34-44-41-18-11-13-20-49(41)58-53(44)50(51)43-31-30-42-40-17-10-12-19-48(40)59-54(42)52(43)57(55)39-28-23-36(24-29-39)15-8-5-2/h10-13,17-34H,4-9,14-16H2,1-3H3. The third kappa shape index (κ3) is 5.73. The molecule has 5 heteroatoms. The summed E-state index contributed by atoms with van der Waals surface area (Å²) in [4.78, 5) is 5.15. The Hall–Kier alpha value is -6.20. The summed E-state index contributed by atoms with van der Waals surface area (Å²) < 4.78 is 14.1. The SMILES string of the molecule is CCCCc1ccc(N2B3c4cc(CCCC)ccc4N(c4ccc(CCCC)cc4)c4cc5c(oc6ccccc65)c(c43)-c3ccc4c(oc5ccccc54)c32)cc1. The summed E-state index contributed by atoms with van der Waals surface area (Å²) in [6.45, 7) is 6.67. The van der Waals surface area contributed by atoms with E-state index < -0.39 is 0 Å². The third-order valence-corrected chi connectivity index (χ3v) is 13.0. The molecular formula is C54H49BN2O2. The van der Waals surface area contributed by atoms with Crippen LogP contribution in [0.1, 0.15) is 76.0 Å². The Labute approximate surface area is 347 Å². The number of rotatable bonds is 11. The van der Waals surface area contributed by atoms with Crippen LogP contribution in [0.3, 0.4) is 0 Å². The van der Waals surface area contributed by atoms with Crippen molar-refractivity contribution in [2.75, 3.05) is 9.71 Å². The Kier molecular flexibility index (Phi) is 8.87.